The van der Waals surface area contributed by atoms with Crippen LogP contribution in [0.1, 0.15) is 47.4 Å². The average molecular weight is 277 g/mol. The Bertz CT molecular complexity index is 505. The van der Waals surface area contributed by atoms with Crippen LogP contribution in [-0.2, 0) is 14.4 Å². The molecule has 1 saturated heterocycles. The first-order valence-electron chi connectivity index (χ1n) is 6.25. The monoisotopic (exact) mass is 277 g/mol. The summed E-state index contributed by atoms with van der Waals surface area (Å²) in [4.78, 5) is 49.2. The highest BCUT2D eigenvalue weighted by molar-refractivity contribution is 6.02. The van der Waals surface area contributed by atoms with E-state index in [2.05, 4.69) is 0 Å². The molecule has 6 heteroatoms. The van der Waals surface area contributed by atoms with Gasteiger partial charge in [0.15, 0.2) is 0 Å². The molecule has 1 heterocycles. The molecule has 1 aromatic rings. The molecule has 0 unspecified atom stereocenters. The topological polar surface area (TPSA) is 80.8 Å². The minimum atomic E-state index is -0.809. The van der Waals surface area contributed by atoms with E-state index in [1.165, 1.54) is 24.3 Å². The van der Waals surface area contributed by atoms with Crippen molar-refractivity contribution in [3.8, 4) is 0 Å². The summed E-state index contributed by atoms with van der Waals surface area (Å²) in [5.41, 5.74) is 0.577. The lowest BCUT2D eigenvalue weighted by molar-refractivity contribution is -0.172. The van der Waals surface area contributed by atoms with E-state index in [0.717, 1.165) is 0 Å². The molecule has 0 aliphatic carbocycles. The number of benzene rings is 1. The number of imide groups is 1. The van der Waals surface area contributed by atoms with E-state index in [0.29, 0.717) is 16.9 Å². The Morgan fingerprint density at radius 1 is 1.10 bits per heavy atom. The molecular formula is C14H15NO5. The van der Waals surface area contributed by atoms with Gasteiger partial charge in [0.05, 0.1) is 5.56 Å². The predicted octanol–water partition coefficient (Wildman–Crippen LogP) is 1.75. The van der Waals surface area contributed by atoms with Gasteiger partial charge < -0.3 is 4.84 Å². The summed E-state index contributed by atoms with van der Waals surface area (Å²) in [5.74, 6) is -1.87. The van der Waals surface area contributed by atoms with E-state index < -0.39 is 17.8 Å². The lowest BCUT2D eigenvalue weighted by Crippen LogP contribution is -2.32. The third kappa shape index (κ3) is 3.50. The first-order valence-corrected chi connectivity index (χ1v) is 6.25. The number of nitrogens with zero attached hydrogens (tertiary/aromatic N) is 1. The second-order valence-corrected chi connectivity index (χ2v) is 3.70. The maximum atomic E-state index is 11.6. The van der Waals surface area contributed by atoms with Crippen LogP contribution in [0.15, 0.2) is 24.3 Å². The summed E-state index contributed by atoms with van der Waals surface area (Å²) < 4.78 is 0. The SMILES string of the molecule is CC.O=Cc1ccc(C(=O)ON2C(=O)CCC2=O)cc1. The van der Waals surface area contributed by atoms with Crippen LogP contribution in [0, 0.1) is 0 Å². The highest BCUT2D eigenvalue weighted by atomic mass is 16.7. The normalized spacial score (nSPS) is 13.6. The maximum Gasteiger partial charge on any atom is 0.363 e. The van der Waals surface area contributed by atoms with E-state index in [4.69, 9.17) is 4.84 Å². The van der Waals surface area contributed by atoms with Crippen molar-refractivity contribution in [2.24, 2.45) is 0 Å². The molecule has 0 saturated carbocycles. The van der Waals surface area contributed by atoms with Gasteiger partial charge in [-0.05, 0) is 12.1 Å². The van der Waals surface area contributed by atoms with Crippen LogP contribution < -0.4 is 0 Å². The van der Waals surface area contributed by atoms with Gasteiger partial charge in [0.2, 0.25) is 0 Å². The Morgan fingerprint density at radius 2 is 1.60 bits per heavy atom. The first kappa shape index (κ1) is 15.6. The number of hydroxylamine groups is 2. The summed E-state index contributed by atoms with van der Waals surface area (Å²) in [5, 5.41) is 0.482. The van der Waals surface area contributed by atoms with Crippen molar-refractivity contribution in [2.75, 3.05) is 0 Å². The van der Waals surface area contributed by atoms with Crippen molar-refractivity contribution < 1.29 is 24.0 Å². The second kappa shape index (κ2) is 7.18. The molecule has 0 atom stereocenters. The molecule has 0 radical (unpaired) electrons. The minimum absolute atomic E-state index is 0.0518. The highest BCUT2D eigenvalue weighted by Crippen LogP contribution is 2.14. The zero-order chi connectivity index (χ0) is 15.1. The van der Waals surface area contributed by atoms with Crippen LogP contribution in [0.5, 0.6) is 0 Å². The summed E-state index contributed by atoms with van der Waals surface area (Å²) >= 11 is 0. The maximum absolute atomic E-state index is 11.6. The van der Waals surface area contributed by atoms with Crippen LogP contribution in [0.2, 0.25) is 0 Å². The van der Waals surface area contributed by atoms with E-state index in [1.54, 1.807) is 0 Å². The lowest BCUT2D eigenvalue weighted by Gasteiger charge is -2.12. The van der Waals surface area contributed by atoms with Crippen LogP contribution in [-0.4, -0.2) is 29.1 Å². The van der Waals surface area contributed by atoms with Crippen molar-refractivity contribution in [3.63, 3.8) is 0 Å². The number of hydrogen-bond acceptors (Lipinski definition) is 5. The molecule has 6 nitrogen and oxygen atoms in total. The molecule has 20 heavy (non-hydrogen) atoms. The van der Waals surface area contributed by atoms with Crippen molar-refractivity contribution in [2.45, 2.75) is 26.7 Å². The zero-order valence-electron chi connectivity index (χ0n) is 11.3. The number of carbonyl (C=O) groups is 4. The smallest absolute Gasteiger partial charge is 0.325 e. The van der Waals surface area contributed by atoms with Gasteiger partial charge in [-0.25, -0.2) is 4.79 Å². The highest BCUT2D eigenvalue weighted by Gasteiger charge is 2.33. The summed E-state index contributed by atoms with van der Waals surface area (Å²) in [6, 6.07) is 5.66. The Kier molecular flexibility index (Phi) is 5.58. The van der Waals surface area contributed by atoms with E-state index >= 15 is 0 Å². The fourth-order valence-corrected chi connectivity index (χ4v) is 1.49. The van der Waals surface area contributed by atoms with Gasteiger partial charge in [-0.3, -0.25) is 14.4 Å². The van der Waals surface area contributed by atoms with Gasteiger partial charge in [-0.15, -0.1) is 5.06 Å². The third-order valence-electron chi connectivity index (χ3n) is 2.46. The number of amides is 2. The Labute approximate surface area is 116 Å². The molecule has 1 fully saturated rings. The molecule has 106 valence electrons. The largest absolute Gasteiger partial charge is 0.363 e. The van der Waals surface area contributed by atoms with Gasteiger partial charge in [0.25, 0.3) is 11.8 Å². The molecule has 0 N–H and O–H groups in total. The summed E-state index contributed by atoms with van der Waals surface area (Å²) in [6.45, 7) is 4.00. The van der Waals surface area contributed by atoms with E-state index in [-0.39, 0.29) is 18.4 Å². The minimum Gasteiger partial charge on any atom is -0.325 e. The predicted molar refractivity (Wildman–Crippen MR) is 69.7 cm³/mol. The number of carbonyl (C=O) groups excluding carboxylic acids is 4. The Morgan fingerprint density at radius 3 is 2.05 bits per heavy atom. The Balaban J connectivity index is 0.000000956. The molecule has 0 aromatic heterocycles. The Hall–Kier alpha value is -2.50. The summed E-state index contributed by atoms with van der Waals surface area (Å²) in [6.07, 6.45) is 0.745. The van der Waals surface area contributed by atoms with E-state index in [9.17, 15) is 19.2 Å². The zero-order valence-corrected chi connectivity index (χ0v) is 11.3. The fourth-order valence-electron chi connectivity index (χ4n) is 1.49. The molecule has 1 aromatic carbocycles. The van der Waals surface area contributed by atoms with Gasteiger partial charge in [-0.2, -0.15) is 0 Å². The van der Waals surface area contributed by atoms with Crippen molar-refractivity contribution >= 4 is 24.1 Å². The summed E-state index contributed by atoms with van der Waals surface area (Å²) in [7, 11) is 0. The van der Waals surface area contributed by atoms with Crippen molar-refractivity contribution in [1.82, 2.24) is 5.06 Å². The first-order chi connectivity index (χ1) is 9.61. The number of rotatable bonds is 3. The van der Waals surface area contributed by atoms with Gasteiger partial charge in [0, 0.05) is 18.4 Å². The average Bonchev–Trinajstić information content (AvgIpc) is 2.81. The molecule has 0 spiro atoms. The van der Waals surface area contributed by atoms with Gasteiger partial charge in [-0.1, -0.05) is 26.0 Å². The van der Waals surface area contributed by atoms with Crippen LogP contribution >= 0.6 is 0 Å². The van der Waals surface area contributed by atoms with Crippen molar-refractivity contribution in [1.29, 1.82) is 0 Å². The standard InChI is InChI=1S/C12H9NO5.C2H6/c14-7-8-1-3-9(4-2-8)12(17)18-13-10(15)5-6-11(13)16;1-2/h1-4,7H,5-6H2;1-2H3. The molecule has 1 aliphatic heterocycles. The fraction of sp³-hybridized carbons (Fsp3) is 0.286. The van der Waals surface area contributed by atoms with Gasteiger partial charge >= 0.3 is 5.97 Å². The molecule has 2 amide bonds. The van der Waals surface area contributed by atoms with Gasteiger partial charge in [0.1, 0.15) is 6.29 Å². The van der Waals surface area contributed by atoms with Crippen LogP contribution in [0.25, 0.3) is 0 Å². The second-order valence-electron chi connectivity index (χ2n) is 3.70. The number of aldehydes is 1. The van der Waals surface area contributed by atoms with Crippen LogP contribution in [0.3, 0.4) is 0 Å². The van der Waals surface area contributed by atoms with Crippen molar-refractivity contribution in [3.05, 3.63) is 35.4 Å². The third-order valence-corrected chi connectivity index (χ3v) is 2.46. The van der Waals surface area contributed by atoms with Crippen LogP contribution in [0.4, 0.5) is 0 Å². The quantitative estimate of drug-likeness (QED) is 0.621. The number of hydrogen-bond donors (Lipinski definition) is 0. The molecule has 1 aliphatic rings. The molecule has 2 rings (SSSR count). The lowest BCUT2D eigenvalue weighted by atomic mass is 10.1. The van der Waals surface area contributed by atoms with E-state index in [1.807, 2.05) is 13.8 Å². The molecular weight excluding hydrogens is 262 g/mol. The molecule has 0 bridgehead atoms.